The number of hydrogen-bond acceptors (Lipinski definition) is 3. The van der Waals surface area contributed by atoms with E-state index in [4.69, 9.17) is 0 Å². The highest BCUT2D eigenvalue weighted by Gasteiger charge is 2.14. The smallest absolute Gasteiger partial charge is 0.269 e. The molecule has 0 saturated carbocycles. The van der Waals surface area contributed by atoms with Crippen LogP contribution in [0.15, 0.2) is 77.7 Å². The maximum absolute atomic E-state index is 12.6. The van der Waals surface area contributed by atoms with Crippen molar-refractivity contribution in [3.8, 4) is 0 Å². The van der Waals surface area contributed by atoms with E-state index in [1.54, 1.807) is 6.07 Å². The number of carbonyl (C=O) groups excluding carboxylic acids is 1. The van der Waals surface area contributed by atoms with E-state index in [2.05, 4.69) is 22.4 Å². The molecule has 0 radical (unpaired) electrons. The quantitative estimate of drug-likeness (QED) is 0.609. The second-order valence-corrected chi connectivity index (χ2v) is 6.53. The first-order valence-electron chi connectivity index (χ1n) is 8.85. The fourth-order valence-corrected chi connectivity index (χ4v) is 3.41. The predicted molar refractivity (Wildman–Crippen MR) is 107 cm³/mol. The van der Waals surface area contributed by atoms with Crippen LogP contribution < -0.4 is 10.9 Å². The number of para-hydroxylation sites is 2. The molecule has 1 heterocycles. The summed E-state index contributed by atoms with van der Waals surface area (Å²) in [4.78, 5) is 29.0. The van der Waals surface area contributed by atoms with Gasteiger partial charge in [0, 0.05) is 0 Å². The lowest BCUT2D eigenvalue weighted by Crippen LogP contribution is -2.34. The van der Waals surface area contributed by atoms with Gasteiger partial charge in [0.1, 0.15) is 6.54 Å². The van der Waals surface area contributed by atoms with E-state index < -0.39 is 0 Å². The van der Waals surface area contributed by atoms with Crippen molar-refractivity contribution in [3.05, 3.63) is 88.8 Å². The van der Waals surface area contributed by atoms with Gasteiger partial charge in [0.25, 0.3) is 5.56 Å². The molecule has 0 aliphatic heterocycles. The Morgan fingerprint density at radius 3 is 2.67 bits per heavy atom. The molecule has 0 aliphatic rings. The Morgan fingerprint density at radius 2 is 1.78 bits per heavy atom. The highest BCUT2D eigenvalue weighted by molar-refractivity contribution is 5.87. The monoisotopic (exact) mass is 357 g/mol. The van der Waals surface area contributed by atoms with Crippen LogP contribution in [0.1, 0.15) is 18.5 Å². The van der Waals surface area contributed by atoms with Gasteiger partial charge < -0.3 is 5.32 Å². The number of rotatable bonds is 4. The first kappa shape index (κ1) is 17.0. The van der Waals surface area contributed by atoms with Crippen LogP contribution in [-0.4, -0.2) is 15.5 Å². The summed E-state index contributed by atoms with van der Waals surface area (Å²) in [5, 5.41) is 5.25. The van der Waals surface area contributed by atoms with Gasteiger partial charge in [-0.3, -0.25) is 14.2 Å². The number of benzene rings is 3. The van der Waals surface area contributed by atoms with Crippen LogP contribution in [0.2, 0.25) is 0 Å². The Morgan fingerprint density at radius 1 is 1.04 bits per heavy atom. The molecule has 1 unspecified atom stereocenters. The Bertz CT molecular complexity index is 1190. The van der Waals surface area contributed by atoms with E-state index in [1.807, 2.05) is 55.5 Å². The van der Waals surface area contributed by atoms with E-state index in [9.17, 15) is 9.59 Å². The predicted octanol–water partition coefficient (Wildman–Crippen LogP) is 3.43. The third-order valence-electron chi connectivity index (χ3n) is 4.72. The molecule has 4 rings (SSSR count). The van der Waals surface area contributed by atoms with Crippen LogP contribution in [-0.2, 0) is 11.3 Å². The minimum absolute atomic E-state index is 0.0447. The van der Waals surface area contributed by atoms with Crippen molar-refractivity contribution in [1.82, 2.24) is 14.9 Å². The summed E-state index contributed by atoms with van der Waals surface area (Å²) in [6.07, 6.45) is 1.25. The van der Waals surface area contributed by atoms with E-state index in [1.165, 1.54) is 10.8 Å². The molecule has 5 nitrogen and oxygen atoms in total. The van der Waals surface area contributed by atoms with Crippen molar-refractivity contribution in [2.75, 3.05) is 0 Å². The van der Waals surface area contributed by atoms with Gasteiger partial charge in [-0.05, 0) is 35.4 Å². The number of nitrogens with zero attached hydrogens (tertiary/aromatic N) is 2. The first-order valence-corrected chi connectivity index (χ1v) is 8.85. The minimum atomic E-state index is -0.290. The molecule has 0 aliphatic carbocycles. The molecule has 134 valence electrons. The summed E-state index contributed by atoms with van der Waals surface area (Å²) in [5.74, 6) is -0.214. The number of fused-ring (bicyclic) bond motifs is 2. The Kier molecular flexibility index (Phi) is 4.42. The fraction of sp³-hybridized carbons (Fsp3) is 0.136. The summed E-state index contributed by atoms with van der Waals surface area (Å²) in [6, 6.07) is 21.3. The fourth-order valence-electron chi connectivity index (χ4n) is 3.41. The van der Waals surface area contributed by atoms with Crippen molar-refractivity contribution in [3.63, 3.8) is 0 Å². The van der Waals surface area contributed by atoms with Crippen LogP contribution in [0.25, 0.3) is 21.8 Å². The maximum Gasteiger partial charge on any atom is 0.269 e. The van der Waals surface area contributed by atoms with Crippen LogP contribution >= 0.6 is 0 Å². The van der Waals surface area contributed by atoms with Crippen molar-refractivity contribution >= 4 is 27.7 Å². The van der Waals surface area contributed by atoms with Gasteiger partial charge in [0.2, 0.25) is 5.91 Å². The Balaban J connectivity index is 1.60. The molecule has 0 saturated heterocycles. The van der Waals surface area contributed by atoms with Crippen molar-refractivity contribution in [2.24, 2.45) is 0 Å². The normalized spacial score (nSPS) is 12.2. The highest BCUT2D eigenvalue weighted by Crippen LogP contribution is 2.24. The zero-order chi connectivity index (χ0) is 18.8. The van der Waals surface area contributed by atoms with Crippen molar-refractivity contribution < 1.29 is 4.79 Å². The number of aromatic nitrogens is 2. The lowest BCUT2D eigenvalue weighted by atomic mass is 10.00. The first-order chi connectivity index (χ1) is 13.1. The summed E-state index contributed by atoms with van der Waals surface area (Å²) < 4.78 is 1.45. The highest BCUT2D eigenvalue weighted by atomic mass is 16.2. The van der Waals surface area contributed by atoms with Gasteiger partial charge in [-0.2, -0.15) is 0 Å². The Labute approximate surface area is 156 Å². The third-order valence-corrected chi connectivity index (χ3v) is 4.72. The maximum atomic E-state index is 12.6. The van der Waals surface area contributed by atoms with Crippen molar-refractivity contribution in [1.29, 1.82) is 0 Å². The van der Waals surface area contributed by atoms with Crippen LogP contribution in [0.3, 0.4) is 0 Å². The number of hydrogen-bond donors (Lipinski definition) is 1. The third kappa shape index (κ3) is 3.31. The molecule has 1 atom stereocenters. The SMILES string of the molecule is CC(NC(=O)Cn1c(=O)cnc2ccccc21)c1cccc2ccccc12. The van der Waals surface area contributed by atoms with Crippen LogP contribution in [0, 0.1) is 0 Å². The molecule has 0 fully saturated rings. The van der Waals surface area contributed by atoms with Crippen LogP contribution in [0.5, 0.6) is 0 Å². The molecule has 1 amide bonds. The largest absolute Gasteiger partial charge is 0.348 e. The van der Waals surface area contributed by atoms with Gasteiger partial charge in [-0.15, -0.1) is 0 Å². The molecular formula is C22H19N3O2. The standard InChI is InChI=1S/C22H19N3O2/c1-15(17-10-6-8-16-7-2-3-9-18(16)17)24-21(26)14-25-20-12-5-4-11-19(20)23-13-22(25)27/h2-13,15H,14H2,1H3,(H,24,26). The van der Waals surface area contributed by atoms with E-state index in [0.29, 0.717) is 11.0 Å². The summed E-state index contributed by atoms with van der Waals surface area (Å²) in [7, 11) is 0. The molecule has 0 spiro atoms. The lowest BCUT2D eigenvalue weighted by Gasteiger charge is -2.17. The Hall–Kier alpha value is -3.47. The van der Waals surface area contributed by atoms with Gasteiger partial charge in [-0.25, -0.2) is 4.98 Å². The van der Waals surface area contributed by atoms with Gasteiger partial charge in [0.15, 0.2) is 0 Å². The molecule has 4 aromatic rings. The average Bonchev–Trinajstić information content (AvgIpc) is 2.69. The molecule has 0 bridgehead atoms. The number of nitrogens with one attached hydrogen (secondary N) is 1. The molecule has 1 N–H and O–H groups in total. The second-order valence-electron chi connectivity index (χ2n) is 6.53. The minimum Gasteiger partial charge on any atom is -0.348 e. The van der Waals surface area contributed by atoms with Gasteiger partial charge >= 0.3 is 0 Å². The molecule has 3 aromatic carbocycles. The van der Waals surface area contributed by atoms with Gasteiger partial charge in [0.05, 0.1) is 23.3 Å². The molecule has 5 heteroatoms. The number of amides is 1. The zero-order valence-corrected chi connectivity index (χ0v) is 14.9. The average molecular weight is 357 g/mol. The van der Waals surface area contributed by atoms with Crippen molar-refractivity contribution in [2.45, 2.75) is 19.5 Å². The molecule has 27 heavy (non-hydrogen) atoms. The van der Waals surface area contributed by atoms with E-state index >= 15 is 0 Å². The van der Waals surface area contributed by atoms with Gasteiger partial charge in [-0.1, -0.05) is 54.6 Å². The summed E-state index contributed by atoms with van der Waals surface area (Å²) >= 11 is 0. The zero-order valence-electron chi connectivity index (χ0n) is 14.9. The molecule has 1 aromatic heterocycles. The summed E-state index contributed by atoms with van der Waals surface area (Å²) in [5.41, 5.74) is 2.10. The number of carbonyl (C=O) groups is 1. The van der Waals surface area contributed by atoms with E-state index in [0.717, 1.165) is 16.3 Å². The van der Waals surface area contributed by atoms with Crippen LogP contribution in [0.4, 0.5) is 0 Å². The summed E-state index contributed by atoms with van der Waals surface area (Å²) in [6.45, 7) is 1.91. The lowest BCUT2D eigenvalue weighted by molar-refractivity contribution is -0.122. The van der Waals surface area contributed by atoms with E-state index in [-0.39, 0.29) is 24.1 Å². The molecular weight excluding hydrogens is 338 g/mol. The topological polar surface area (TPSA) is 64.0 Å². The second kappa shape index (κ2) is 7.03.